The summed E-state index contributed by atoms with van der Waals surface area (Å²) < 4.78 is 27.8. The van der Waals surface area contributed by atoms with E-state index >= 15 is 0 Å². The van der Waals surface area contributed by atoms with Crippen LogP contribution in [-0.4, -0.2) is 59.9 Å². The van der Waals surface area contributed by atoms with Crippen molar-refractivity contribution in [2.45, 2.75) is 11.8 Å². The van der Waals surface area contributed by atoms with Gasteiger partial charge in [0.25, 0.3) is 11.8 Å². The molecule has 1 aliphatic heterocycles. The molecule has 0 bridgehead atoms. The lowest BCUT2D eigenvalue weighted by atomic mass is 9.93. The van der Waals surface area contributed by atoms with E-state index in [1.165, 1.54) is 32.3 Å². The molecular weight excluding hydrogens is 502 g/mol. The van der Waals surface area contributed by atoms with Crippen LogP contribution < -0.4 is 0 Å². The Morgan fingerprint density at radius 3 is 2.29 bits per heavy atom. The van der Waals surface area contributed by atoms with E-state index in [1.54, 1.807) is 36.0 Å². The minimum atomic E-state index is -3.62. The largest absolute Gasteiger partial charge is 0.271 e. The summed E-state index contributed by atoms with van der Waals surface area (Å²) in [6, 6.07) is 17.6. The first-order valence-corrected chi connectivity index (χ1v) is 13.0. The molecule has 192 valence electrons. The summed E-state index contributed by atoms with van der Waals surface area (Å²) in [5.41, 5.74) is 2.76. The zero-order valence-electron chi connectivity index (χ0n) is 21.1. The van der Waals surface area contributed by atoms with Crippen LogP contribution in [0.1, 0.15) is 12.5 Å². The highest BCUT2D eigenvalue weighted by Crippen LogP contribution is 2.31. The molecule has 1 aliphatic rings. The molecule has 0 saturated heterocycles. The maximum absolute atomic E-state index is 13.3. The molecule has 4 rings (SSSR count). The molecule has 3 aromatic rings. The quantitative estimate of drug-likeness (QED) is 0.264. The molecule has 0 N–H and O–H groups in total. The van der Waals surface area contributed by atoms with E-state index in [0.29, 0.717) is 16.8 Å². The van der Waals surface area contributed by atoms with E-state index in [1.807, 2.05) is 36.4 Å². The Bertz CT molecular complexity index is 1640. The Morgan fingerprint density at radius 1 is 1.05 bits per heavy atom. The molecule has 0 unspecified atom stereocenters. The van der Waals surface area contributed by atoms with Crippen LogP contribution in [0.15, 0.2) is 95.1 Å². The van der Waals surface area contributed by atoms with Crippen LogP contribution in [0.2, 0.25) is 0 Å². The Balaban J connectivity index is 1.91. The van der Waals surface area contributed by atoms with Crippen molar-refractivity contribution in [1.29, 1.82) is 5.26 Å². The Morgan fingerprint density at radius 2 is 1.71 bits per heavy atom. The van der Waals surface area contributed by atoms with Gasteiger partial charge in [-0.1, -0.05) is 36.4 Å². The maximum atomic E-state index is 13.3. The highest BCUT2D eigenvalue weighted by atomic mass is 32.2. The smallest absolute Gasteiger partial charge is 0.270 e. The van der Waals surface area contributed by atoms with Gasteiger partial charge < -0.3 is 0 Å². The van der Waals surface area contributed by atoms with Gasteiger partial charge >= 0.3 is 0 Å². The first kappa shape index (κ1) is 26.5. The van der Waals surface area contributed by atoms with Crippen LogP contribution in [-0.2, 0) is 19.6 Å². The molecule has 0 atom stereocenters. The van der Waals surface area contributed by atoms with Crippen LogP contribution in [0.25, 0.3) is 23.0 Å². The predicted molar refractivity (Wildman–Crippen MR) is 143 cm³/mol. The standard InChI is InChI=1S/C28H25N5O4S/c1-5-15-32-27(34)24(19(2)25(17-29)28(32)35)16-21-18-33(22-9-7-6-8-10-22)30-26(21)20-11-13-23(14-12-20)38(36,37)31(3)4/h5-14,16,18H,1,15H2,2-4H3/b24-16+. The van der Waals surface area contributed by atoms with Crippen LogP contribution in [0.5, 0.6) is 0 Å². The summed E-state index contributed by atoms with van der Waals surface area (Å²) in [6.07, 6.45) is 4.76. The fourth-order valence-corrected chi connectivity index (χ4v) is 4.91. The number of benzene rings is 2. The summed E-state index contributed by atoms with van der Waals surface area (Å²) in [6.45, 7) is 5.13. The van der Waals surface area contributed by atoms with Gasteiger partial charge in [-0.2, -0.15) is 10.4 Å². The molecule has 2 heterocycles. The summed E-state index contributed by atoms with van der Waals surface area (Å²) in [5.74, 6) is -1.21. The summed E-state index contributed by atoms with van der Waals surface area (Å²) in [4.78, 5) is 27.1. The minimum absolute atomic E-state index is 0.0363. The lowest BCUT2D eigenvalue weighted by Crippen LogP contribution is -2.42. The van der Waals surface area contributed by atoms with Crippen LogP contribution >= 0.6 is 0 Å². The molecule has 9 nitrogen and oxygen atoms in total. The second kappa shape index (κ2) is 10.4. The molecule has 10 heteroatoms. The number of sulfonamides is 1. The van der Waals surface area contributed by atoms with Crippen molar-refractivity contribution in [2.24, 2.45) is 0 Å². The number of carbonyl (C=O) groups excluding carboxylic acids is 2. The average Bonchev–Trinajstić information content (AvgIpc) is 3.34. The van der Waals surface area contributed by atoms with Gasteiger partial charge in [-0.25, -0.2) is 17.4 Å². The third-order valence-corrected chi connectivity index (χ3v) is 7.94. The molecule has 0 spiro atoms. The highest BCUT2D eigenvalue weighted by Gasteiger charge is 2.35. The number of para-hydroxylation sites is 1. The minimum Gasteiger partial charge on any atom is -0.270 e. The molecule has 38 heavy (non-hydrogen) atoms. The van der Waals surface area contributed by atoms with Crippen molar-refractivity contribution in [3.63, 3.8) is 0 Å². The number of hydrogen-bond donors (Lipinski definition) is 0. The number of carbonyl (C=O) groups is 2. The van der Waals surface area contributed by atoms with Gasteiger partial charge in [0.15, 0.2) is 0 Å². The maximum Gasteiger partial charge on any atom is 0.271 e. The van der Waals surface area contributed by atoms with Crippen LogP contribution in [0.3, 0.4) is 0 Å². The number of imide groups is 1. The van der Waals surface area contributed by atoms with E-state index < -0.39 is 21.8 Å². The highest BCUT2D eigenvalue weighted by molar-refractivity contribution is 7.89. The zero-order valence-corrected chi connectivity index (χ0v) is 21.9. The van der Waals surface area contributed by atoms with Gasteiger partial charge in [0.1, 0.15) is 11.6 Å². The van der Waals surface area contributed by atoms with Crippen molar-refractivity contribution < 1.29 is 18.0 Å². The number of nitrogens with zero attached hydrogens (tertiary/aromatic N) is 5. The van der Waals surface area contributed by atoms with Gasteiger partial charge in [0, 0.05) is 43.5 Å². The monoisotopic (exact) mass is 527 g/mol. The van der Waals surface area contributed by atoms with Crippen LogP contribution in [0, 0.1) is 11.3 Å². The molecule has 2 amide bonds. The van der Waals surface area contributed by atoms with E-state index in [2.05, 4.69) is 6.58 Å². The summed E-state index contributed by atoms with van der Waals surface area (Å²) in [5, 5.41) is 14.3. The van der Waals surface area contributed by atoms with Crippen molar-refractivity contribution >= 4 is 27.9 Å². The molecule has 1 aromatic heterocycles. The molecule has 0 aliphatic carbocycles. The fourth-order valence-electron chi connectivity index (χ4n) is 4.01. The van der Waals surface area contributed by atoms with Crippen LogP contribution in [0.4, 0.5) is 0 Å². The normalized spacial score (nSPS) is 15.3. The topological polar surface area (TPSA) is 116 Å². The van der Waals surface area contributed by atoms with Crippen molar-refractivity contribution in [3.05, 3.63) is 95.7 Å². The van der Waals surface area contributed by atoms with Gasteiger partial charge in [-0.15, -0.1) is 6.58 Å². The van der Waals surface area contributed by atoms with Gasteiger partial charge in [-0.3, -0.25) is 14.5 Å². The predicted octanol–water partition coefficient (Wildman–Crippen LogP) is 3.57. The number of rotatable bonds is 7. The van der Waals surface area contributed by atoms with Gasteiger partial charge in [0.05, 0.1) is 16.3 Å². The van der Waals surface area contributed by atoms with Crippen molar-refractivity contribution in [3.8, 4) is 23.0 Å². The second-order valence-corrected chi connectivity index (χ2v) is 10.9. The van der Waals surface area contributed by atoms with E-state index in [4.69, 9.17) is 5.10 Å². The average molecular weight is 528 g/mol. The van der Waals surface area contributed by atoms with E-state index in [9.17, 15) is 23.3 Å². The molecule has 0 fully saturated rings. The number of amides is 2. The molecule has 2 aromatic carbocycles. The summed E-state index contributed by atoms with van der Waals surface area (Å²) in [7, 11) is -0.697. The Kier molecular flexibility index (Phi) is 7.26. The fraction of sp³-hybridized carbons (Fsp3) is 0.143. The zero-order chi connectivity index (χ0) is 27.6. The van der Waals surface area contributed by atoms with E-state index in [0.717, 1.165) is 14.9 Å². The second-order valence-electron chi connectivity index (χ2n) is 8.70. The lowest BCUT2D eigenvalue weighted by Gasteiger charge is -2.26. The van der Waals surface area contributed by atoms with E-state index in [-0.39, 0.29) is 28.2 Å². The first-order chi connectivity index (χ1) is 18.1. The number of nitriles is 1. The Labute approximate surface area is 221 Å². The van der Waals surface area contributed by atoms with Gasteiger partial charge in [0.2, 0.25) is 10.0 Å². The molecule has 0 saturated carbocycles. The van der Waals surface area contributed by atoms with Crippen molar-refractivity contribution in [1.82, 2.24) is 19.0 Å². The SMILES string of the molecule is C=CCN1C(=O)C(C#N)=C(C)/C(=C\c2cn(-c3ccccc3)nc2-c2ccc(S(=O)(=O)N(C)C)cc2)C1=O. The van der Waals surface area contributed by atoms with Gasteiger partial charge in [-0.05, 0) is 42.8 Å². The molecular formula is C28H25N5O4S. The Hall–Kier alpha value is -4.59. The summed E-state index contributed by atoms with van der Waals surface area (Å²) >= 11 is 0. The third-order valence-electron chi connectivity index (χ3n) is 6.11. The third kappa shape index (κ3) is 4.72. The lowest BCUT2D eigenvalue weighted by molar-refractivity contribution is -0.139. The van der Waals surface area contributed by atoms with Crippen molar-refractivity contribution in [2.75, 3.05) is 20.6 Å². The number of aromatic nitrogens is 2. The number of hydrogen-bond acceptors (Lipinski definition) is 6. The molecule has 0 radical (unpaired) electrons. The first-order valence-electron chi connectivity index (χ1n) is 11.6.